The third-order valence-corrected chi connectivity index (χ3v) is 4.66. The van der Waals surface area contributed by atoms with Crippen LogP contribution in [-0.2, 0) is 0 Å². The molecular formula is C20H14N4O2. The molecule has 0 spiro atoms. The summed E-state index contributed by atoms with van der Waals surface area (Å²) in [5, 5.41) is 0.894. The molecule has 0 fully saturated rings. The molecule has 1 aromatic carbocycles. The van der Waals surface area contributed by atoms with Gasteiger partial charge in [0.15, 0.2) is 0 Å². The third-order valence-electron chi connectivity index (χ3n) is 4.66. The Kier molecular flexibility index (Phi) is 2.83. The van der Waals surface area contributed by atoms with Gasteiger partial charge in [0, 0.05) is 12.4 Å². The zero-order chi connectivity index (χ0) is 18.0. The van der Waals surface area contributed by atoms with E-state index in [0.29, 0.717) is 33.1 Å². The second kappa shape index (κ2) is 4.98. The topological polar surface area (TPSA) is 68.7 Å². The number of hydrogen-bond acceptors (Lipinski definition) is 4. The minimum atomic E-state index is -0.168. The molecular weight excluding hydrogens is 328 g/mol. The van der Waals surface area contributed by atoms with Crippen molar-refractivity contribution >= 4 is 33.1 Å². The number of hydrogen-bond donors (Lipinski definition) is 0. The quantitative estimate of drug-likeness (QED) is 0.406. The summed E-state index contributed by atoms with van der Waals surface area (Å²) < 4.78 is 3.03. The van der Waals surface area contributed by atoms with E-state index in [0.717, 1.165) is 11.1 Å². The molecule has 0 amide bonds. The van der Waals surface area contributed by atoms with Gasteiger partial charge in [-0.2, -0.15) is 0 Å². The first-order valence-electron chi connectivity index (χ1n) is 8.27. The van der Waals surface area contributed by atoms with Gasteiger partial charge in [-0.05, 0) is 61.4 Å². The zero-order valence-corrected chi connectivity index (χ0v) is 14.2. The highest BCUT2D eigenvalue weighted by Crippen LogP contribution is 2.18. The van der Waals surface area contributed by atoms with E-state index in [2.05, 4.69) is 9.97 Å². The van der Waals surface area contributed by atoms with Crippen LogP contribution in [0.3, 0.4) is 0 Å². The van der Waals surface area contributed by atoms with E-state index in [-0.39, 0.29) is 11.1 Å². The van der Waals surface area contributed by atoms with Crippen molar-refractivity contribution in [3.05, 3.63) is 80.6 Å². The summed E-state index contributed by atoms with van der Waals surface area (Å²) in [5.41, 5.74) is 3.81. The fraction of sp³-hybridized carbons (Fsp3) is 0.100. The largest absolute Gasteiger partial charge is 0.268 e. The molecule has 4 aromatic heterocycles. The number of nitrogens with zero attached hydrogens (tertiary/aromatic N) is 4. The van der Waals surface area contributed by atoms with Gasteiger partial charge in [-0.1, -0.05) is 0 Å². The second-order valence-corrected chi connectivity index (χ2v) is 6.59. The van der Waals surface area contributed by atoms with Crippen LogP contribution in [0.25, 0.3) is 33.1 Å². The van der Waals surface area contributed by atoms with Gasteiger partial charge in [-0.25, -0.2) is 9.97 Å². The van der Waals surface area contributed by atoms with Gasteiger partial charge in [0.1, 0.15) is 11.3 Å². The van der Waals surface area contributed by atoms with Crippen LogP contribution in [0.2, 0.25) is 0 Å². The first kappa shape index (κ1) is 14.8. The van der Waals surface area contributed by atoms with Gasteiger partial charge in [0.25, 0.3) is 11.1 Å². The Morgan fingerprint density at radius 1 is 0.692 bits per heavy atom. The van der Waals surface area contributed by atoms with E-state index in [1.165, 1.54) is 8.80 Å². The Morgan fingerprint density at radius 2 is 1.12 bits per heavy atom. The van der Waals surface area contributed by atoms with Crippen LogP contribution < -0.4 is 11.1 Å². The van der Waals surface area contributed by atoms with Crippen molar-refractivity contribution in [1.29, 1.82) is 0 Å². The van der Waals surface area contributed by atoms with Crippen LogP contribution in [0.5, 0.6) is 0 Å². The van der Waals surface area contributed by atoms with Crippen LogP contribution in [0.15, 0.2) is 58.4 Å². The summed E-state index contributed by atoms with van der Waals surface area (Å²) in [5.74, 6) is 0. The predicted molar refractivity (Wildman–Crippen MR) is 101 cm³/mol. The van der Waals surface area contributed by atoms with Gasteiger partial charge in [0.2, 0.25) is 0 Å². The molecule has 126 valence electrons. The van der Waals surface area contributed by atoms with Crippen molar-refractivity contribution in [3.8, 4) is 0 Å². The number of fused-ring (bicyclic) bond motifs is 4. The van der Waals surface area contributed by atoms with E-state index in [1.54, 1.807) is 24.5 Å². The average Bonchev–Trinajstić information content (AvgIpc) is 2.61. The lowest BCUT2D eigenvalue weighted by Gasteiger charge is -2.07. The molecule has 0 saturated heterocycles. The van der Waals surface area contributed by atoms with Crippen molar-refractivity contribution in [2.75, 3.05) is 0 Å². The Hall–Kier alpha value is -3.54. The second-order valence-electron chi connectivity index (χ2n) is 6.59. The molecule has 4 heterocycles. The maximum Gasteiger partial charge on any atom is 0.265 e. The molecule has 0 atom stereocenters. The summed E-state index contributed by atoms with van der Waals surface area (Å²) in [7, 11) is 0. The third kappa shape index (κ3) is 1.99. The minimum Gasteiger partial charge on any atom is -0.268 e. The first-order valence-corrected chi connectivity index (χ1v) is 8.27. The van der Waals surface area contributed by atoms with Crippen LogP contribution >= 0.6 is 0 Å². The summed E-state index contributed by atoms with van der Waals surface area (Å²) in [6.45, 7) is 3.89. The number of rotatable bonds is 0. The lowest BCUT2D eigenvalue weighted by atomic mass is 10.1. The van der Waals surface area contributed by atoms with Crippen molar-refractivity contribution in [1.82, 2.24) is 18.8 Å². The average molecular weight is 342 g/mol. The van der Waals surface area contributed by atoms with Crippen LogP contribution in [0, 0.1) is 13.8 Å². The highest BCUT2D eigenvalue weighted by Gasteiger charge is 2.11. The van der Waals surface area contributed by atoms with E-state index < -0.39 is 0 Å². The molecule has 26 heavy (non-hydrogen) atoms. The van der Waals surface area contributed by atoms with Crippen LogP contribution in [-0.4, -0.2) is 18.8 Å². The number of aromatic nitrogens is 4. The van der Waals surface area contributed by atoms with Gasteiger partial charge in [0.05, 0.1) is 21.8 Å². The van der Waals surface area contributed by atoms with Crippen molar-refractivity contribution in [3.63, 3.8) is 0 Å². The summed E-state index contributed by atoms with van der Waals surface area (Å²) in [6, 6.07) is 10.7. The highest BCUT2D eigenvalue weighted by atomic mass is 16.1. The lowest BCUT2D eigenvalue weighted by molar-refractivity contribution is 1.06. The van der Waals surface area contributed by atoms with Gasteiger partial charge in [-0.15, -0.1) is 0 Å². The number of benzene rings is 1. The monoisotopic (exact) mass is 342 g/mol. The molecule has 6 heteroatoms. The van der Waals surface area contributed by atoms with Crippen molar-refractivity contribution in [2.45, 2.75) is 13.8 Å². The van der Waals surface area contributed by atoms with E-state index in [4.69, 9.17) is 0 Å². The smallest absolute Gasteiger partial charge is 0.265 e. The molecule has 0 N–H and O–H groups in total. The summed E-state index contributed by atoms with van der Waals surface area (Å²) >= 11 is 0. The zero-order valence-electron chi connectivity index (χ0n) is 14.2. The number of pyridine rings is 2. The predicted octanol–water partition coefficient (Wildman–Crippen LogP) is 2.63. The molecule has 0 saturated carbocycles. The molecule has 0 unspecified atom stereocenters. The molecule has 5 aromatic rings. The van der Waals surface area contributed by atoms with Gasteiger partial charge >= 0.3 is 0 Å². The molecule has 0 aliphatic heterocycles. The maximum absolute atomic E-state index is 12.9. The Morgan fingerprint density at radius 3 is 1.54 bits per heavy atom. The molecule has 0 bridgehead atoms. The molecule has 0 aliphatic carbocycles. The summed E-state index contributed by atoms with van der Waals surface area (Å²) in [6.07, 6.45) is 3.44. The van der Waals surface area contributed by atoms with Crippen LogP contribution in [0.4, 0.5) is 0 Å². The van der Waals surface area contributed by atoms with Crippen LogP contribution in [0.1, 0.15) is 11.1 Å². The Labute approximate surface area is 147 Å². The normalized spacial score (nSPS) is 11.8. The van der Waals surface area contributed by atoms with Crippen molar-refractivity contribution < 1.29 is 0 Å². The van der Waals surface area contributed by atoms with Gasteiger partial charge < -0.3 is 0 Å². The molecule has 0 radical (unpaired) electrons. The minimum absolute atomic E-state index is 0.168. The van der Waals surface area contributed by atoms with E-state index in [1.807, 2.05) is 38.1 Å². The molecule has 0 aliphatic rings. The molecule has 6 nitrogen and oxygen atoms in total. The Balaban J connectivity index is 2.00. The molecule has 5 rings (SSSR count). The summed E-state index contributed by atoms with van der Waals surface area (Å²) in [4.78, 5) is 34.9. The number of aryl methyl sites for hydroxylation is 2. The fourth-order valence-corrected chi connectivity index (χ4v) is 3.31. The Bertz CT molecular complexity index is 1380. The maximum atomic E-state index is 12.9. The van der Waals surface area contributed by atoms with E-state index >= 15 is 0 Å². The lowest BCUT2D eigenvalue weighted by Crippen LogP contribution is -2.18. The highest BCUT2D eigenvalue weighted by molar-refractivity contribution is 5.95. The standard InChI is InChI=1S/C20H14N4O2/c1-11-3-5-23-17(7-11)21-15-9-14-16(10-13(15)19(23)25)22-18-8-12(2)4-6-24(18)20(14)26/h3-10H,1-2H3. The SMILES string of the molecule is Cc1ccn2c(=O)c3cc4nc5cc(C)ccn5c(=O)c4cc3nc2c1. The fourth-order valence-electron chi connectivity index (χ4n) is 3.31. The van der Waals surface area contributed by atoms with Gasteiger partial charge in [-0.3, -0.25) is 18.4 Å². The van der Waals surface area contributed by atoms with Crippen molar-refractivity contribution in [2.24, 2.45) is 0 Å². The first-order chi connectivity index (χ1) is 12.5. The van der Waals surface area contributed by atoms with E-state index in [9.17, 15) is 9.59 Å².